The largest absolute Gasteiger partial charge is 0.492 e. The Labute approximate surface area is 149 Å². The number of thioether (sulfide) groups is 1. The Kier molecular flexibility index (Phi) is 5.57. The van der Waals surface area contributed by atoms with E-state index >= 15 is 0 Å². The first kappa shape index (κ1) is 17.0. The van der Waals surface area contributed by atoms with Gasteiger partial charge in [0.25, 0.3) is 0 Å². The number of tetrazole rings is 1. The molecule has 1 fully saturated rings. The minimum absolute atomic E-state index is 0.0186. The van der Waals surface area contributed by atoms with Crippen molar-refractivity contribution in [2.75, 3.05) is 26.0 Å². The average Bonchev–Trinajstić information content (AvgIpc) is 3.32. The van der Waals surface area contributed by atoms with E-state index in [-0.39, 0.29) is 5.91 Å². The summed E-state index contributed by atoms with van der Waals surface area (Å²) >= 11 is 7.19. The van der Waals surface area contributed by atoms with E-state index in [1.54, 1.807) is 36.2 Å². The maximum atomic E-state index is 12.2. The number of halogens is 1. The van der Waals surface area contributed by atoms with Gasteiger partial charge >= 0.3 is 0 Å². The number of likely N-dealkylation sites (N-methyl/N-ethyl adjacent to an activating group) is 1. The molecule has 1 amide bonds. The molecule has 128 valence electrons. The molecular weight excluding hydrogens is 350 g/mol. The van der Waals surface area contributed by atoms with Gasteiger partial charge in [-0.15, -0.1) is 5.10 Å². The Morgan fingerprint density at radius 2 is 2.17 bits per heavy atom. The number of amides is 1. The lowest BCUT2D eigenvalue weighted by Gasteiger charge is -2.17. The molecule has 7 nitrogen and oxygen atoms in total. The number of ether oxygens (including phenoxy) is 1. The van der Waals surface area contributed by atoms with Crippen LogP contribution in [0.2, 0.25) is 5.02 Å². The van der Waals surface area contributed by atoms with E-state index < -0.39 is 0 Å². The fourth-order valence-corrected chi connectivity index (χ4v) is 3.03. The van der Waals surface area contributed by atoms with E-state index in [2.05, 4.69) is 15.5 Å². The van der Waals surface area contributed by atoms with Gasteiger partial charge in [-0.25, -0.2) is 4.68 Å². The van der Waals surface area contributed by atoms with Gasteiger partial charge in [0.15, 0.2) is 0 Å². The zero-order valence-electron chi connectivity index (χ0n) is 13.3. The normalized spacial score (nSPS) is 13.8. The molecule has 0 radical (unpaired) electrons. The highest BCUT2D eigenvalue weighted by atomic mass is 35.5. The van der Waals surface area contributed by atoms with Crippen LogP contribution in [0.5, 0.6) is 5.75 Å². The van der Waals surface area contributed by atoms with Gasteiger partial charge in [0.05, 0.1) is 18.3 Å². The highest BCUT2D eigenvalue weighted by Gasteiger charge is 2.28. The summed E-state index contributed by atoms with van der Waals surface area (Å²) in [5.74, 6) is 1.06. The first-order valence-corrected chi connectivity index (χ1v) is 9.03. The number of hydrogen-bond acceptors (Lipinski definition) is 6. The molecular formula is C15H18ClN5O2S. The third-order valence-corrected chi connectivity index (χ3v) is 4.79. The number of hydrogen-bond donors (Lipinski definition) is 0. The Bertz CT molecular complexity index is 689. The summed E-state index contributed by atoms with van der Waals surface area (Å²) in [4.78, 5) is 13.8. The second-order valence-corrected chi connectivity index (χ2v) is 6.92. The van der Waals surface area contributed by atoms with Crippen molar-refractivity contribution >= 4 is 29.3 Å². The van der Waals surface area contributed by atoms with E-state index in [0.717, 1.165) is 18.6 Å². The molecule has 1 aromatic carbocycles. The quantitative estimate of drug-likeness (QED) is 0.666. The third kappa shape index (κ3) is 4.61. The fourth-order valence-electron chi connectivity index (χ4n) is 2.02. The van der Waals surface area contributed by atoms with Gasteiger partial charge in [0.2, 0.25) is 11.1 Å². The standard InChI is InChI=1S/C15H18ClN5O2S/c1-20(8-9-23-13-6-2-11(16)3-7-13)14(22)10-24-15-17-18-19-21(15)12-4-5-12/h2-3,6-7,12H,4-5,8-10H2,1H3. The van der Waals surface area contributed by atoms with Crippen molar-refractivity contribution in [2.24, 2.45) is 0 Å². The minimum Gasteiger partial charge on any atom is -0.492 e. The third-order valence-electron chi connectivity index (χ3n) is 3.61. The molecule has 1 aliphatic carbocycles. The van der Waals surface area contributed by atoms with Gasteiger partial charge < -0.3 is 9.64 Å². The van der Waals surface area contributed by atoms with Crippen molar-refractivity contribution in [3.8, 4) is 5.75 Å². The average molecular weight is 368 g/mol. The smallest absolute Gasteiger partial charge is 0.232 e. The van der Waals surface area contributed by atoms with Crippen LogP contribution in [0.4, 0.5) is 0 Å². The molecule has 0 saturated heterocycles. The van der Waals surface area contributed by atoms with Crippen LogP contribution in [0.25, 0.3) is 0 Å². The van der Waals surface area contributed by atoms with Crippen LogP contribution in [-0.2, 0) is 4.79 Å². The van der Waals surface area contributed by atoms with E-state index in [0.29, 0.717) is 35.1 Å². The van der Waals surface area contributed by atoms with E-state index in [4.69, 9.17) is 16.3 Å². The van der Waals surface area contributed by atoms with Crippen LogP contribution < -0.4 is 4.74 Å². The molecule has 9 heteroatoms. The zero-order chi connectivity index (χ0) is 16.9. The molecule has 24 heavy (non-hydrogen) atoms. The second kappa shape index (κ2) is 7.85. The fraction of sp³-hybridized carbons (Fsp3) is 0.467. The molecule has 0 bridgehead atoms. The molecule has 1 heterocycles. The van der Waals surface area contributed by atoms with Gasteiger partial charge in [0, 0.05) is 12.1 Å². The monoisotopic (exact) mass is 367 g/mol. The molecule has 1 aromatic heterocycles. The Hall–Kier alpha value is -1.80. The van der Waals surface area contributed by atoms with Crippen molar-refractivity contribution in [1.29, 1.82) is 0 Å². The molecule has 3 rings (SSSR count). The summed E-state index contributed by atoms with van der Waals surface area (Å²) in [6.07, 6.45) is 2.21. The lowest BCUT2D eigenvalue weighted by Crippen LogP contribution is -2.32. The molecule has 0 aliphatic heterocycles. The van der Waals surface area contributed by atoms with Crippen molar-refractivity contribution in [3.63, 3.8) is 0 Å². The van der Waals surface area contributed by atoms with Crippen LogP contribution >= 0.6 is 23.4 Å². The van der Waals surface area contributed by atoms with E-state index in [9.17, 15) is 4.79 Å². The highest BCUT2D eigenvalue weighted by molar-refractivity contribution is 7.99. The van der Waals surface area contributed by atoms with Crippen LogP contribution in [-0.4, -0.2) is 57.0 Å². The summed E-state index contributed by atoms with van der Waals surface area (Å²) in [6.45, 7) is 0.934. The minimum atomic E-state index is 0.0186. The Morgan fingerprint density at radius 1 is 1.42 bits per heavy atom. The van der Waals surface area contributed by atoms with Crippen molar-refractivity contribution in [3.05, 3.63) is 29.3 Å². The van der Waals surface area contributed by atoms with Gasteiger partial charge in [-0.2, -0.15) is 0 Å². The summed E-state index contributed by atoms with van der Waals surface area (Å²) < 4.78 is 7.40. The number of nitrogens with zero attached hydrogens (tertiary/aromatic N) is 5. The van der Waals surface area contributed by atoms with E-state index in [1.165, 1.54) is 11.8 Å². The van der Waals surface area contributed by atoms with Crippen LogP contribution in [0, 0.1) is 0 Å². The van der Waals surface area contributed by atoms with Crippen molar-refractivity contribution in [1.82, 2.24) is 25.1 Å². The summed E-state index contributed by atoms with van der Waals surface area (Å²) in [7, 11) is 1.76. The topological polar surface area (TPSA) is 73.1 Å². The number of benzene rings is 1. The van der Waals surface area contributed by atoms with Crippen LogP contribution in [0.15, 0.2) is 29.4 Å². The molecule has 2 aromatic rings. The SMILES string of the molecule is CN(CCOc1ccc(Cl)cc1)C(=O)CSc1nnnn1C1CC1. The van der Waals surface area contributed by atoms with Crippen LogP contribution in [0.3, 0.4) is 0 Å². The number of rotatable bonds is 8. The molecule has 0 unspecified atom stereocenters. The summed E-state index contributed by atoms with van der Waals surface area (Å²) in [5, 5.41) is 13.0. The molecule has 0 atom stereocenters. The second-order valence-electron chi connectivity index (χ2n) is 5.54. The predicted molar refractivity (Wildman–Crippen MR) is 91.4 cm³/mol. The number of aromatic nitrogens is 4. The maximum Gasteiger partial charge on any atom is 0.232 e. The lowest BCUT2D eigenvalue weighted by atomic mass is 10.3. The van der Waals surface area contributed by atoms with Crippen molar-refractivity contribution in [2.45, 2.75) is 24.0 Å². The van der Waals surface area contributed by atoms with Crippen molar-refractivity contribution < 1.29 is 9.53 Å². The Morgan fingerprint density at radius 3 is 2.88 bits per heavy atom. The first-order chi connectivity index (χ1) is 11.6. The predicted octanol–water partition coefficient (Wildman–Crippen LogP) is 2.29. The van der Waals surface area contributed by atoms with Gasteiger partial charge in [-0.3, -0.25) is 4.79 Å². The lowest BCUT2D eigenvalue weighted by molar-refractivity contribution is -0.127. The van der Waals surface area contributed by atoms with Gasteiger partial charge in [0.1, 0.15) is 12.4 Å². The Balaban J connectivity index is 1.39. The number of carbonyl (C=O) groups excluding carboxylic acids is 1. The molecule has 0 spiro atoms. The van der Waals surface area contributed by atoms with Gasteiger partial charge in [-0.1, -0.05) is 23.4 Å². The zero-order valence-corrected chi connectivity index (χ0v) is 14.8. The molecule has 1 saturated carbocycles. The maximum absolute atomic E-state index is 12.2. The summed E-state index contributed by atoms with van der Waals surface area (Å²) in [5.41, 5.74) is 0. The van der Waals surface area contributed by atoms with Crippen LogP contribution in [0.1, 0.15) is 18.9 Å². The first-order valence-electron chi connectivity index (χ1n) is 7.66. The van der Waals surface area contributed by atoms with Gasteiger partial charge in [-0.05, 0) is 47.5 Å². The summed E-state index contributed by atoms with van der Waals surface area (Å²) in [6, 6.07) is 7.55. The molecule has 0 N–H and O–H groups in total. The highest BCUT2D eigenvalue weighted by Crippen LogP contribution is 2.36. The molecule has 1 aliphatic rings. The van der Waals surface area contributed by atoms with E-state index in [1.807, 2.05) is 4.68 Å². The number of carbonyl (C=O) groups is 1.